The Bertz CT molecular complexity index is 853. The lowest BCUT2D eigenvalue weighted by molar-refractivity contribution is -0.132. The van der Waals surface area contributed by atoms with Crippen LogP contribution in [0, 0.1) is 0 Å². The van der Waals surface area contributed by atoms with Gasteiger partial charge in [0.15, 0.2) is 11.5 Å². The molecule has 2 aromatic carbocycles. The van der Waals surface area contributed by atoms with E-state index >= 15 is 0 Å². The van der Waals surface area contributed by atoms with Crippen LogP contribution in [0.1, 0.15) is 29.5 Å². The monoisotopic (exact) mass is 394 g/mol. The first-order chi connectivity index (χ1) is 14.2. The van der Waals surface area contributed by atoms with Gasteiger partial charge >= 0.3 is 0 Å². The molecule has 0 N–H and O–H groups in total. The zero-order valence-electron chi connectivity index (χ0n) is 17.4. The van der Waals surface area contributed by atoms with Gasteiger partial charge in [0.2, 0.25) is 5.91 Å². The van der Waals surface area contributed by atoms with E-state index in [1.807, 2.05) is 30.3 Å². The Kier molecular flexibility index (Phi) is 6.05. The minimum atomic E-state index is 0.240. The van der Waals surface area contributed by atoms with Crippen LogP contribution in [-0.4, -0.2) is 55.6 Å². The fourth-order valence-corrected chi connectivity index (χ4v) is 4.58. The number of hydrogen-bond donors (Lipinski definition) is 0. The van der Waals surface area contributed by atoms with Crippen LogP contribution in [-0.2, 0) is 24.2 Å². The number of carbonyl (C=O) groups is 1. The van der Waals surface area contributed by atoms with Crippen molar-refractivity contribution in [2.45, 2.75) is 38.3 Å². The van der Waals surface area contributed by atoms with Crippen LogP contribution in [0.5, 0.6) is 11.5 Å². The predicted molar refractivity (Wildman–Crippen MR) is 113 cm³/mol. The molecular weight excluding hydrogens is 364 g/mol. The summed E-state index contributed by atoms with van der Waals surface area (Å²) in [6, 6.07) is 14.7. The zero-order chi connectivity index (χ0) is 20.2. The first-order valence-corrected chi connectivity index (χ1v) is 10.5. The van der Waals surface area contributed by atoms with Crippen molar-refractivity contribution in [1.82, 2.24) is 9.80 Å². The van der Waals surface area contributed by atoms with Gasteiger partial charge in [-0.05, 0) is 48.1 Å². The molecule has 2 heterocycles. The third-order valence-corrected chi connectivity index (χ3v) is 6.21. The molecule has 2 aliphatic heterocycles. The lowest BCUT2D eigenvalue weighted by atomic mass is 9.95. The summed E-state index contributed by atoms with van der Waals surface area (Å²) in [5.74, 6) is 1.83. The van der Waals surface area contributed by atoms with Gasteiger partial charge in [-0.3, -0.25) is 9.69 Å². The van der Waals surface area contributed by atoms with Crippen molar-refractivity contribution < 1.29 is 14.3 Å². The highest BCUT2D eigenvalue weighted by atomic mass is 16.5. The molecule has 0 bridgehead atoms. The minimum absolute atomic E-state index is 0.240. The Labute approximate surface area is 173 Å². The number of hydrogen-bond acceptors (Lipinski definition) is 4. The van der Waals surface area contributed by atoms with E-state index in [2.05, 4.69) is 21.9 Å². The molecule has 2 aliphatic rings. The van der Waals surface area contributed by atoms with Crippen LogP contribution in [0.25, 0.3) is 0 Å². The second kappa shape index (κ2) is 8.87. The van der Waals surface area contributed by atoms with Gasteiger partial charge in [0.1, 0.15) is 0 Å². The van der Waals surface area contributed by atoms with Crippen molar-refractivity contribution in [3.05, 3.63) is 59.2 Å². The summed E-state index contributed by atoms with van der Waals surface area (Å²) in [4.78, 5) is 17.4. The van der Waals surface area contributed by atoms with Crippen molar-refractivity contribution >= 4 is 5.91 Å². The van der Waals surface area contributed by atoms with Crippen LogP contribution in [0.15, 0.2) is 42.5 Å². The molecule has 0 spiro atoms. The van der Waals surface area contributed by atoms with E-state index in [4.69, 9.17) is 9.47 Å². The number of rotatable bonds is 5. The Morgan fingerprint density at radius 2 is 1.76 bits per heavy atom. The Morgan fingerprint density at radius 1 is 1.03 bits per heavy atom. The van der Waals surface area contributed by atoms with Crippen molar-refractivity contribution in [1.29, 1.82) is 0 Å². The molecule has 5 heteroatoms. The van der Waals surface area contributed by atoms with Gasteiger partial charge in [-0.25, -0.2) is 0 Å². The van der Waals surface area contributed by atoms with Crippen LogP contribution in [0.4, 0.5) is 0 Å². The summed E-state index contributed by atoms with van der Waals surface area (Å²) in [6.45, 7) is 3.63. The van der Waals surface area contributed by atoms with Gasteiger partial charge in [-0.15, -0.1) is 0 Å². The third kappa shape index (κ3) is 4.40. The molecule has 1 fully saturated rings. The highest BCUT2D eigenvalue weighted by molar-refractivity contribution is 5.78. The van der Waals surface area contributed by atoms with Gasteiger partial charge < -0.3 is 14.4 Å². The summed E-state index contributed by atoms with van der Waals surface area (Å²) < 4.78 is 10.9. The predicted octanol–water partition coefficient (Wildman–Crippen LogP) is 3.30. The van der Waals surface area contributed by atoms with Crippen molar-refractivity contribution in [3.8, 4) is 11.5 Å². The van der Waals surface area contributed by atoms with Crippen LogP contribution >= 0.6 is 0 Å². The highest BCUT2D eigenvalue weighted by Gasteiger charge is 2.30. The number of fused-ring (bicyclic) bond motifs is 1. The van der Waals surface area contributed by atoms with E-state index in [0.29, 0.717) is 12.5 Å². The van der Waals surface area contributed by atoms with Crippen LogP contribution < -0.4 is 9.47 Å². The fourth-order valence-electron chi connectivity index (χ4n) is 4.58. The van der Waals surface area contributed by atoms with Crippen molar-refractivity contribution in [2.24, 2.45) is 0 Å². The lowest BCUT2D eigenvalue weighted by Crippen LogP contribution is -2.51. The number of ether oxygens (including phenoxy) is 2. The van der Waals surface area contributed by atoms with Gasteiger partial charge in [-0.1, -0.05) is 30.3 Å². The van der Waals surface area contributed by atoms with E-state index in [1.54, 1.807) is 14.2 Å². The van der Waals surface area contributed by atoms with E-state index in [9.17, 15) is 4.79 Å². The number of likely N-dealkylation sites (tertiary alicyclic amines) is 1. The molecule has 0 saturated carbocycles. The Balaban J connectivity index is 1.42. The maximum Gasteiger partial charge on any atom is 0.227 e. The SMILES string of the molecule is COc1cc2c(cc1OC)CN(C1CCCN(C(=O)Cc3ccccc3)C1)CC2. The summed E-state index contributed by atoms with van der Waals surface area (Å²) in [5, 5.41) is 0. The average molecular weight is 395 g/mol. The Morgan fingerprint density at radius 3 is 2.48 bits per heavy atom. The second-order valence-electron chi connectivity index (χ2n) is 7.99. The standard InChI is InChI=1S/C24H30N2O3/c1-28-22-14-19-10-12-25(16-20(19)15-23(22)29-2)21-9-6-11-26(17-21)24(27)13-18-7-4-3-5-8-18/h3-5,7-8,14-15,21H,6,9-13,16-17H2,1-2H3. The van der Waals surface area contributed by atoms with Crippen LogP contribution in [0.3, 0.4) is 0 Å². The van der Waals surface area contributed by atoms with E-state index < -0.39 is 0 Å². The molecule has 1 amide bonds. The lowest BCUT2D eigenvalue weighted by Gasteiger charge is -2.41. The largest absolute Gasteiger partial charge is 0.493 e. The molecule has 0 radical (unpaired) electrons. The number of methoxy groups -OCH3 is 2. The Hall–Kier alpha value is -2.53. The summed E-state index contributed by atoms with van der Waals surface area (Å²) >= 11 is 0. The molecule has 29 heavy (non-hydrogen) atoms. The summed E-state index contributed by atoms with van der Waals surface area (Å²) in [6.07, 6.45) is 3.72. The molecule has 154 valence electrons. The molecule has 1 unspecified atom stereocenters. The molecule has 2 aromatic rings. The molecule has 0 aromatic heterocycles. The molecule has 1 saturated heterocycles. The number of piperidine rings is 1. The number of amides is 1. The highest BCUT2D eigenvalue weighted by Crippen LogP contribution is 2.34. The topological polar surface area (TPSA) is 42.0 Å². The smallest absolute Gasteiger partial charge is 0.227 e. The number of carbonyl (C=O) groups excluding carboxylic acids is 1. The molecule has 4 rings (SSSR count). The van der Waals surface area contributed by atoms with Crippen LogP contribution in [0.2, 0.25) is 0 Å². The molecule has 5 nitrogen and oxygen atoms in total. The van der Waals surface area contributed by atoms with Gasteiger partial charge in [0.05, 0.1) is 20.6 Å². The van der Waals surface area contributed by atoms with Crippen molar-refractivity contribution in [3.63, 3.8) is 0 Å². The van der Waals surface area contributed by atoms with Crippen molar-refractivity contribution in [2.75, 3.05) is 33.9 Å². The minimum Gasteiger partial charge on any atom is -0.493 e. The van der Waals surface area contributed by atoms with Gasteiger partial charge in [0, 0.05) is 32.2 Å². The molecule has 1 atom stereocenters. The maximum atomic E-state index is 12.8. The summed E-state index contributed by atoms with van der Waals surface area (Å²) in [5.41, 5.74) is 3.74. The van der Waals surface area contributed by atoms with E-state index in [-0.39, 0.29) is 5.91 Å². The number of nitrogens with zero attached hydrogens (tertiary/aromatic N) is 2. The first kappa shape index (κ1) is 19.8. The molecule has 0 aliphatic carbocycles. The quantitative estimate of drug-likeness (QED) is 0.780. The zero-order valence-corrected chi connectivity index (χ0v) is 17.4. The first-order valence-electron chi connectivity index (χ1n) is 10.5. The second-order valence-corrected chi connectivity index (χ2v) is 7.99. The van der Waals surface area contributed by atoms with Gasteiger partial charge in [-0.2, -0.15) is 0 Å². The molecular formula is C24H30N2O3. The third-order valence-electron chi connectivity index (χ3n) is 6.21. The van der Waals surface area contributed by atoms with E-state index in [1.165, 1.54) is 11.1 Å². The van der Waals surface area contributed by atoms with E-state index in [0.717, 1.165) is 62.5 Å². The normalized spacial score (nSPS) is 19.5. The summed E-state index contributed by atoms with van der Waals surface area (Å²) in [7, 11) is 3.37. The maximum absolute atomic E-state index is 12.8. The number of benzene rings is 2. The average Bonchev–Trinajstić information content (AvgIpc) is 2.78. The fraction of sp³-hybridized carbons (Fsp3) is 0.458. The van der Waals surface area contributed by atoms with Gasteiger partial charge in [0.25, 0.3) is 0 Å².